The van der Waals surface area contributed by atoms with Crippen LogP contribution in [0.5, 0.6) is 0 Å². The number of carbonyl (C=O) groups is 1. The summed E-state index contributed by atoms with van der Waals surface area (Å²) in [6.45, 7) is 9.67. The molecule has 4 heteroatoms. The Morgan fingerprint density at radius 2 is 2.25 bits per heavy atom. The Morgan fingerprint density at radius 1 is 1.56 bits per heavy atom. The fraction of sp³-hybridized carbons (Fsp3) is 0.917. The lowest BCUT2D eigenvalue weighted by atomic mass is 9.95. The number of hydrogen-bond donors (Lipinski definition) is 2. The largest absolute Gasteiger partial charge is 0.481 e. The number of carboxylic acid groups (broad SMARTS) is 1. The van der Waals surface area contributed by atoms with Gasteiger partial charge in [-0.05, 0) is 33.2 Å². The zero-order chi connectivity index (χ0) is 12.2. The maximum absolute atomic E-state index is 10.5. The number of nitrogens with zero attached hydrogens (tertiary/aromatic N) is 1. The third kappa shape index (κ3) is 3.76. The van der Waals surface area contributed by atoms with Crippen LogP contribution in [0, 0.1) is 0 Å². The van der Waals surface area contributed by atoms with Crippen LogP contribution in [0.2, 0.25) is 0 Å². The van der Waals surface area contributed by atoms with E-state index in [1.807, 2.05) is 0 Å². The smallest absolute Gasteiger partial charge is 0.303 e. The molecule has 1 atom stereocenters. The molecule has 2 N–H and O–H groups in total. The summed E-state index contributed by atoms with van der Waals surface area (Å²) in [6.07, 6.45) is 2.14. The molecule has 1 saturated heterocycles. The topological polar surface area (TPSA) is 52.6 Å². The van der Waals surface area contributed by atoms with Crippen molar-refractivity contribution in [3.8, 4) is 0 Å². The number of piperazine rings is 1. The van der Waals surface area contributed by atoms with Crippen LogP contribution >= 0.6 is 0 Å². The molecule has 94 valence electrons. The highest BCUT2D eigenvalue weighted by Crippen LogP contribution is 2.20. The van der Waals surface area contributed by atoms with E-state index < -0.39 is 5.97 Å². The van der Waals surface area contributed by atoms with Crippen LogP contribution in [0.1, 0.15) is 40.0 Å². The molecule has 1 fully saturated rings. The fourth-order valence-electron chi connectivity index (χ4n) is 2.24. The zero-order valence-corrected chi connectivity index (χ0v) is 10.6. The molecule has 16 heavy (non-hydrogen) atoms. The highest BCUT2D eigenvalue weighted by atomic mass is 16.4. The van der Waals surface area contributed by atoms with Gasteiger partial charge in [0.15, 0.2) is 0 Å². The van der Waals surface area contributed by atoms with E-state index in [1.54, 1.807) is 0 Å². The minimum Gasteiger partial charge on any atom is -0.481 e. The van der Waals surface area contributed by atoms with Gasteiger partial charge in [0.1, 0.15) is 0 Å². The minimum atomic E-state index is -0.700. The van der Waals surface area contributed by atoms with E-state index in [9.17, 15) is 4.79 Å². The van der Waals surface area contributed by atoms with Gasteiger partial charge < -0.3 is 10.4 Å². The molecule has 0 saturated carbocycles. The molecule has 4 nitrogen and oxygen atoms in total. The molecule has 0 spiro atoms. The van der Waals surface area contributed by atoms with Crippen molar-refractivity contribution in [1.82, 2.24) is 10.2 Å². The maximum Gasteiger partial charge on any atom is 0.303 e. The Balaban J connectivity index is 2.45. The molecule has 0 aromatic rings. The van der Waals surface area contributed by atoms with Crippen LogP contribution in [0.4, 0.5) is 0 Å². The minimum absolute atomic E-state index is 0.190. The summed E-state index contributed by atoms with van der Waals surface area (Å²) in [6, 6.07) is 0.329. The summed E-state index contributed by atoms with van der Waals surface area (Å²) in [4.78, 5) is 13.0. The number of nitrogens with one attached hydrogen (secondary N) is 1. The molecule has 0 aliphatic carbocycles. The standard InChI is InChI=1S/C12H24N2O2/c1-4-7-14-8-10(5-6-11(15)16)13-9-12(14,2)3/h10,13H,4-9H2,1-3H3,(H,15,16). The van der Waals surface area contributed by atoms with Crippen LogP contribution in [-0.2, 0) is 4.79 Å². The maximum atomic E-state index is 10.5. The van der Waals surface area contributed by atoms with Crippen LogP contribution in [-0.4, -0.2) is 47.2 Å². The predicted octanol–water partition coefficient (Wildman–Crippen LogP) is 1.31. The van der Waals surface area contributed by atoms with Crippen molar-refractivity contribution in [3.63, 3.8) is 0 Å². The summed E-state index contributed by atoms with van der Waals surface area (Å²) in [7, 11) is 0. The van der Waals surface area contributed by atoms with E-state index in [0.29, 0.717) is 6.04 Å². The van der Waals surface area contributed by atoms with E-state index in [1.165, 1.54) is 0 Å². The van der Waals surface area contributed by atoms with Crippen LogP contribution in [0.15, 0.2) is 0 Å². The van der Waals surface area contributed by atoms with Gasteiger partial charge in [0, 0.05) is 31.1 Å². The first-order chi connectivity index (χ1) is 7.45. The van der Waals surface area contributed by atoms with Gasteiger partial charge in [-0.3, -0.25) is 9.69 Å². The number of aliphatic carboxylic acids is 1. The van der Waals surface area contributed by atoms with Crippen molar-refractivity contribution in [2.24, 2.45) is 0 Å². The van der Waals surface area contributed by atoms with Crippen molar-refractivity contribution in [1.29, 1.82) is 0 Å². The van der Waals surface area contributed by atoms with Gasteiger partial charge in [-0.15, -0.1) is 0 Å². The second kappa shape index (κ2) is 5.64. The van der Waals surface area contributed by atoms with Crippen molar-refractivity contribution in [2.45, 2.75) is 51.6 Å². The van der Waals surface area contributed by atoms with Gasteiger partial charge in [0.25, 0.3) is 0 Å². The Kier molecular flexibility index (Phi) is 4.74. The van der Waals surface area contributed by atoms with Crippen molar-refractivity contribution in [3.05, 3.63) is 0 Å². The van der Waals surface area contributed by atoms with Gasteiger partial charge in [-0.1, -0.05) is 6.92 Å². The average molecular weight is 228 g/mol. The summed E-state index contributed by atoms with van der Waals surface area (Å²) in [5.41, 5.74) is 0.190. The van der Waals surface area contributed by atoms with Crippen LogP contribution in [0.25, 0.3) is 0 Å². The molecule has 0 aromatic carbocycles. The number of rotatable bonds is 5. The lowest BCUT2D eigenvalue weighted by Gasteiger charge is -2.46. The van der Waals surface area contributed by atoms with Crippen molar-refractivity contribution in [2.75, 3.05) is 19.6 Å². The second-order valence-corrected chi connectivity index (χ2v) is 5.27. The normalized spacial score (nSPS) is 25.6. The third-order valence-electron chi connectivity index (χ3n) is 3.32. The van der Waals surface area contributed by atoms with E-state index in [0.717, 1.165) is 32.5 Å². The Hall–Kier alpha value is -0.610. The van der Waals surface area contributed by atoms with Gasteiger partial charge in [-0.2, -0.15) is 0 Å². The lowest BCUT2D eigenvalue weighted by Crippen LogP contribution is -2.62. The van der Waals surface area contributed by atoms with Crippen molar-refractivity contribution >= 4 is 5.97 Å². The molecule has 1 heterocycles. The molecule has 0 bridgehead atoms. The Labute approximate surface area is 98.0 Å². The van der Waals surface area contributed by atoms with Gasteiger partial charge in [0.2, 0.25) is 0 Å². The SMILES string of the molecule is CCCN1CC(CCC(=O)O)NCC1(C)C. The summed E-state index contributed by atoms with van der Waals surface area (Å²) in [5.74, 6) is -0.700. The third-order valence-corrected chi connectivity index (χ3v) is 3.32. The molecule has 1 aliphatic rings. The monoisotopic (exact) mass is 228 g/mol. The van der Waals surface area contributed by atoms with E-state index in [4.69, 9.17) is 5.11 Å². The second-order valence-electron chi connectivity index (χ2n) is 5.27. The predicted molar refractivity (Wildman–Crippen MR) is 64.6 cm³/mol. The highest BCUT2D eigenvalue weighted by molar-refractivity contribution is 5.66. The first-order valence-electron chi connectivity index (χ1n) is 6.16. The molecule has 0 aromatic heterocycles. The Morgan fingerprint density at radius 3 is 2.81 bits per heavy atom. The molecular formula is C12H24N2O2. The fourth-order valence-corrected chi connectivity index (χ4v) is 2.24. The first kappa shape index (κ1) is 13.5. The molecule has 0 radical (unpaired) electrons. The van der Waals surface area contributed by atoms with Gasteiger partial charge in [0.05, 0.1) is 0 Å². The van der Waals surface area contributed by atoms with E-state index >= 15 is 0 Å². The molecule has 1 unspecified atom stereocenters. The average Bonchev–Trinajstić information content (AvgIpc) is 2.19. The van der Waals surface area contributed by atoms with Gasteiger partial charge >= 0.3 is 5.97 Å². The molecular weight excluding hydrogens is 204 g/mol. The summed E-state index contributed by atoms with van der Waals surface area (Å²) < 4.78 is 0. The zero-order valence-electron chi connectivity index (χ0n) is 10.6. The quantitative estimate of drug-likeness (QED) is 0.745. The van der Waals surface area contributed by atoms with Crippen molar-refractivity contribution < 1.29 is 9.90 Å². The molecule has 0 amide bonds. The van der Waals surface area contributed by atoms with Crippen LogP contribution < -0.4 is 5.32 Å². The number of hydrogen-bond acceptors (Lipinski definition) is 3. The lowest BCUT2D eigenvalue weighted by molar-refractivity contribution is -0.137. The number of carboxylic acids is 1. The summed E-state index contributed by atoms with van der Waals surface area (Å²) in [5, 5.41) is 12.1. The molecule has 1 rings (SSSR count). The molecule has 1 aliphatic heterocycles. The van der Waals surface area contributed by atoms with Crippen LogP contribution in [0.3, 0.4) is 0 Å². The Bertz CT molecular complexity index is 241. The highest BCUT2D eigenvalue weighted by Gasteiger charge is 2.32. The van der Waals surface area contributed by atoms with Gasteiger partial charge in [-0.25, -0.2) is 0 Å². The summed E-state index contributed by atoms with van der Waals surface area (Å²) >= 11 is 0. The van der Waals surface area contributed by atoms with E-state index in [2.05, 4.69) is 31.0 Å². The van der Waals surface area contributed by atoms with E-state index in [-0.39, 0.29) is 12.0 Å². The first-order valence-corrected chi connectivity index (χ1v) is 6.16.